The maximum Gasteiger partial charge on any atom is 0.242 e. The van der Waals surface area contributed by atoms with Crippen LogP contribution in [0.15, 0.2) is 23.0 Å². The Labute approximate surface area is 130 Å². The van der Waals surface area contributed by atoms with E-state index in [1.807, 2.05) is 37.8 Å². The van der Waals surface area contributed by atoms with Crippen molar-refractivity contribution >= 4 is 11.7 Å². The van der Waals surface area contributed by atoms with Crippen LogP contribution in [-0.4, -0.2) is 32.9 Å². The number of carbonyl (C=O) groups excluding carboxylic acids is 1. The molecule has 0 saturated heterocycles. The lowest BCUT2D eigenvalue weighted by Gasteiger charge is -2.21. The number of rotatable bonds is 7. The van der Waals surface area contributed by atoms with Gasteiger partial charge in [-0.3, -0.25) is 9.48 Å². The largest absolute Gasteiger partial charge is 0.360 e. The Kier molecular flexibility index (Phi) is 5.32. The van der Waals surface area contributed by atoms with Crippen molar-refractivity contribution in [2.45, 2.75) is 52.7 Å². The quantitative estimate of drug-likeness (QED) is 0.816. The fourth-order valence-electron chi connectivity index (χ4n) is 2.26. The van der Waals surface area contributed by atoms with Crippen LogP contribution in [0.4, 0.5) is 5.82 Å². The summed E-state index contributed by atoms with van der Waals surface area (Å²) in [5.74, 6) is 0.996. The number of anilines is 1. The number of hydrogen-bond acceptors (Lipinski definition) is 5. The fraction of sp³-hybridized carbons (Fsp3) is 0.533. The molecule has 7 heteroatoms. The van der Waals surface area contributed by atoms with Crippen LogP contribution in [0.1, 0.15) is 31.6 Å². The van der Waals surface area contributed by atoms with Crippen LogP contribution < -0.4 is 10.6 Å². The summed E-state index contributed by atoms with van der Waals surface area (Å²) in [5, 5.41) is 14.1. The van der Waals surface area contributed by atoms with Crippen LogP contribution >= 0.6 is 0 Å². The van der Waals surface area contributed by atoms with Crippen LogP contribution in [0, 0.1) is 13.8 Å². The second-order valence-corrected chi connectivity index (χ2v) is 5.58. The monoisotopic (exact) mass is 305 g/mol. The lowest BCUT2D eigenvalue weighted by molar-refractivity contribution is -0.118. The van der Waals surface area contributed by atoms with Gasteiger partial charge < -0.3 is 15.2 Å². The molecule has 0 spiro atoms. The zero-order chi connectivity index (χ0) is 16.1. The molecule has 0 aliphatic heterocycles. The maximum atomic E-state index is 12.3. The van der Waals surface area contributed by atoms with E-state index in [4.69, 9.17) is 4.52 Å². The van der Waals surface area contributed by atoms with Gasteiger partial charge in [-0.15, -0.1) is 0 Å². The van der Waals surface area contributed by atoms with Crippen molar-refractivity contribution in [2.75, 3.05) is 5.32 Å². The molecule has 2 aromatic heterocycles. The minimum Gasteiger partial charge on any atom is -0.360 e. The summed E-state index contributed by atoms with van der Waals surface area (Å²) in [4.78, 5) is 12.3. The molecule has 0 aromatic carbocycles. The predicted molar refractivity (Wildman–Crippen MR) is 83.5 cm³/mol. The van der Waals surface area contributed by atoms with Gasteiger partial charge in [0.15, 0.2) is 5.82 Å². The number of hydrogen-bond donors (Lipinski definition) is 2. The van der Waals surface area contributed by atoms with Crippen molar-refractivity contribution in [2.24, 2.45) is 0 Å². The Morgan fingerprint density at radius 1 is 1.45 bits per heavy atom. The molecule has 0 saturated carbocycles. The first-order chi connectivity index (χ1) is 10.5. The van der Waals surface area contributed by atoms with Crippen molar-refractivity contribution in [3.63, 3.8) is 0 Å². The number of carbonyl (C=O) groups is 1. The van der Waals surface area contributed by atoms with E-state index < -0.39 is 0 Å². The van der Waals surface area contributed by atoms with E-state index in [9.17, 15) is 4.79 Å². The minimum atomic E-state index is -0.288. The van der Waals surface area contributed by atoms with Crippen LogP contribution in [0.3, 0.4) is 0 Å². The SMILES string of the molecule is CC[C@H](N[C@H](C)Cn1cc(C)cn1)C(=O)Nc1cc(C)on1. The average Bonchev–Trinajstić information content (AvgIpc) is 3.04. The van der Waals surface area contributed by atoms with E-state index in [-0.39, 0.29) is 18.0 Å². The van der Waals surface area contributed by atoms with Crippen LogP contribution in [0.5, 0.6) is 0 Å². The molecule has 2 atom stereocenters. The summed E-state index contributed by atoms with van der Waals surface area (Å²) in [6.45, 7) is 8.50. The van der Waals surface area contributed by atoms with Crippen molar-refractivity contribution in [1.29, 1.82) is 0 Å². The van der Waals surface area contributed by atoms with Crippen LogP contribution in [-0.2, 0) is 11.3 Å². The van der Waals surface area contributed by atoms with Gasteiger partial charge in [0.1, 0.15) is 5.76 Å². The minimum absolute atomic E-state index is 0.112. The number of nitrogens with one attached hydrogen (secondary N) is 2. The topological polar surface area (TPSA) is 85.0 Å². The molecule has 0 unspecified atom stereocenters. The molecule has 120 valence electrons. The fourth-order valence-corrected chi connectivity index (χ4v) is 2.26. The Morgan fingerprint density at radius 3 is 2.77 bits per heavy atom. The Morgan fingerprint density at radius 2 is 2.23 bits per heavy atom. The average molecular weight is 305 g/mol. The Hall–Kier alpha value is -2.15. The molecule has 2 heterocycles. The first-order valence-electron chi connectivity index (χ1n) is 7.47. The van der Waals surface area contributed by atoms with Gasteiger partial charge >= 0.3 is 0 Å². The van der Waals surface area contributed by atoms with E-state index in [0.29, 0.717) is 24.5 Å². The van der Waals surface area contributed by atoms with Crippen molar-refractivity contribution in [3.8, 4) is 0 Å². The molecule has 22 heavy (non-hydrogen) atoms. The second-order valence-electron chi connectivity index (χ2n) is 5.58. The summed E-state index contributed by atoms with van der Waals surface area (Å²) in [6, 6.07) is 1.53. The van der Waals surface area contributed by atoms with Gasteiger partial charge in [-0.1, -0.05) is 12.1 Å². The molecule has 2 N–H and O–H groups in total. The highest BCUT2D eigenvalue weighted by Gasteiger charge is 2.20. The summed E-state index contributed by atoms with van der Waals surface area (Å²) < 4.78 is 6.82. The van der Waals surface area contributed by atoms with Gasteiger partial charge in [0.2, 0.25) is 5.91 Å². The summed E-state index contributed by atoms with van der Waals surface area (Å²) in [5.41, 5.74) is 1.12. The molecular weight excluding hydrogens is 282 g/mol. The number of nitrogens with zero attached hydrogens (tertiary/aromatic N) is 3. The van der Waals surface area contributed by atoms with E-state index in [1.54, 1.807) is 13.0 Å². The van der Waals surface area contributed by atoms with Gasteiger partial charge in [-0.2, -0.15) is 5.10 Å². The van der Waals surface area contributed by atoms with Crippen molar-refractivity contribution < 1.29 is 9.32 Å². The third kappa shape index (κ3) is 4.42. The molecule has 2 aromatic rings. The third-order valence-corrected chi connectivity index (χ3v) is 3.31. The van der Waals surface area contributed by atoms with Crippen LogP contribution in [0.2, 0.25) is 0 Å². The van der Waals surface area contributed by atoms with E-state index >= 15 is 0 Å². The zero-order valence-electron chi connectivity index (χ0n) is 13.5. The van der Waals surface area contributed by atoms with Gasteiger partial charge in [0, 0.05) is 18.3 Å². The number of amides is 1. The zero-order valence-corrected chi connectivity index (χ0v) is 13.5. The standard InChI is InChI=1S/C15H23N5O2/c1-5-13(15(21)18-14-6-12(4)22-19-14)17-11(3)9-20-8-10(2)7-16-20/h6-8,11,13,17H,5,9H2,1-4H3,(H,18,19,21)/t11-,13+/m1/s1. The van der Waals surface area contributed by atoms with Gasteiger partial charge in [-0.05, 0) is 32.8 Å². The molecule has 1 amide bonds. The van der Waals surface area contributed by atoms with Gasteiger partial charge in [-0.25, -0.2) is 0 Å². The molecule has 0 aliphatic rings. The molecule has 0 bridgehead atoms. The maximum absolute atomic E-state index is 12.3. The Balaban J connectivity index is 1.88. The Bertz CT molecular complexity index is 619. The van der Waals surface area contributed by atoms with Gasteiger partial charge in [0.25, 0.3) is 0 Å². The normalized spacial score (nSPS) is 13.8. The van der Waals surface area contributed by atoms with Gasteiger partial charge in [0.05, 0.1) is 18.8 Å². The summed E-state index contributed by atoms with van der Waals surface area (Å²) in [6.07, 6.45) is 4.49. The molecular formula is C15H23N5O2. The molecule has 0 aliphatic carbocycles. The van der Waals surface area contributed by atoms with Crippen molar-refractivity contribution in [1.82, 2.24) is 20.3 Å². The highest BCUT2D eigenvalue weighted by Crippen LogP contribution is 2.08. The van der Waals surface area contributed by atoms with E-state index in [2.05, 4.69) is 20.9 Å². The highest BCUT2D eigenvalue weighted by molar-refractivity contribution is 5.93. The number of aromatic nitrogens is 3. The predicted octanol–water partition coefficient (Wildman–Crippen LogP) is 1.88. The van der Waals surface area contributed by atoms with E-state index in [1.165, 1.54) is 0 Å². The van der Waals surface area contributed by atoms with E-state index in [0.717, 1.165) is 5.56 Å². The first-order valence-corrected chi connectivity index (χ1v) is 7.47. The molecule has 0 fully saturated rings. The molecule has 2 rings (SSSR count). The lowest BCUT2D eigenvalue weighted by atomic mass is 10.1. The summed E-state index contributed by atoms with van der Waals surface area (Å²) in [7, 11) is 0. The second kappa shape index (κ2) is 7.22. The van der Waals surface area contributed by atoms with Crippen LogP contribution in [0.25, 0.3) is 0 Å². The lowest BCUT2D eigenvalue weighted by Crippen LogP contribution is -2.46. The third-order valence-electron chi connectivity index (χ3n) is 3.31. The highest BCUT2D eigenvalue weighted by atomic mass is 16.5. The number of aryl methyl sites for hydroxylation is 2. The first kappa shape index (κ1) is 16.2. The molecule has 7 nitrogen and oxygen atoms in total. The smallest absolute Gasteiger partial charge is 0.242 e. The summed E-state index contributed by atoms with van der Waals surface area (Å²) >= 11 is 0. The van der Waals surface area contributed by atoms with Crippen molar-refractivity contribution in [3.05, 3.63) is 29.8 Å². The molecule has 0 radical (unpaired) electrons.